The van der Waals surface area contributed by atoms with E-state index in [1.807, 2.05) is 0 Å². The third-order valence-corrected chi connectivity index (χ3v) is 4.33. The Balaban J connectivity index is 1.71. The Morgan fingerprint density at radius 1 is 1.17 bits per heavy atom. The maximum Gasteiger partial charge on any atom is 0.276 e. The molecule has 7 heteroatoms. The Labute approximate surface area is 132 Å². The summed E-state index contributed by atoms with van der Waals surface area (Å²) < 4.78 is 20.3. The molecule has 3 aromatic rings. The van der Waals surface area contributed by atoms with Crippen molar-refractivity contribution in [3.05, 3.63) is 48.4 Å². The lowest BCUT2D eigenvalue weighted by atomic mass is 9.99. The van der Waals surface area contributed by atoms with Crippen LogP contribution in [0.1, 0.15) is 31.5 Å². The first-order valence-electron chi connectivity index (χ1n) is 7.57. The van der Waals surface area contributed by atoms with Gasteiger partial charge in [-0.3, -0.25) is 4.57 Å². The summed E-state index contributed by atoms with van der Waals surface area (Å²) in [7, 11) is 0. The minimum atomic E-state index is -0.498. The highest BCUT2D eigenvalue weighted by atomic mass is 19.1. The fourth-order valence-corrected chi connectivity index (χ4v) is 3.02. The fraction of sp³-hybridized carbons (Fsp3) is 0.312. The van der Waals surface area contributed by atoms with E-state index in [1.165, 1.54) is 12.1 Å². The summed E-state index contributed by atoms with van der Waals surface area (Å²) in [6.07, 6.45) is 7.15. The van der Waals surface area contributed by atoms with Gasteiger partial charge in [0.05, 0.1) is 18.1 Å². The molecule has 1 saturated carbocycles. The maximum atomic E-state index is 13.1. The monoisotopic (exact) mass is 313 g/mol. The van der Waals surface area contributed by atoms with Crippen molar-refractivity contribution in [3.8, 4) is 17.3 Å². The first kappa shape index (κ1) is 14.1. The highest BCUT2D eigenvalue weighted by Gasteiger charge is 2.36. The number of rotatable bonds is 3. The van der Waals surface area contributed by atoms with Gasteiger partial charge >= 0.3 is 0 Å². The van der Waals surface area contributed by atoms with Crippen LogP contribution in [0.25, 0.3) is 17.3 Å². The van der Waals surface area contributed by atoms with E-state index in [-0.39, 0.29) is 5.82 Å². The van der Waals surface area contributed by atoms with Crippen LogP contribution in [0.2, 0.25) is 0 Å². The van der Waals surface area contributed by atoms with E-state index < -0.39 is 5.54 Å². The van der Waals surface area contributed by atoms with Crippen molar-refractivity contribution < 1.29 is 8.91 Å². The summed E-state index contributed by atoms with van der Waals surface area (Å²) in [6.45, 7) is 0. The number of imidazole rings is 1. The van der Waals surface area contributed by atoms with Crippen LogP contribution in [-0.2, 0) is 5.54 Å². The van der Waals surface area contributed by atoms with E-state index in [2.05, 4.69) is 15.1 Å². The molecule has 118 valence electrons. The maximum absolute atomic E-state index is 13.1. The van der Waals surface area contributed by atoms with Crippen LogP contribution in [0.3, 0.4) is 0 Å². The van der Waals surface area contributed by atoms with Gasteiger partial charge in [0, 0.05) is 5.69 Å². The minimum Gasteiger partial charge on any atom is -0.332 e. The smallest absolute Gasteiger partial charge is 0.276 e. The van der Waals surface area contributed by atoms with Crippen LogP contribution < -0.4 is 5.73 Å². The highest BCUT2D eigenvalue weighted by Crippen LogP contribution is 2.35. The predicted octanol–water partition coefficient (Wildman–Crippen LogP) is 2.79. The number of hydrogen-bond acceptors (Lipinski definition) is 5. The topological polar surface area (TPSA) is 82.8 Å². The molecular formula is C16H16FN5O. The Hall–Kier alpha value is -2.54. The molecule has 0 unspecified atom stereocenters. The molecule has 0 bridgehead atoms. The lowest BCUT2D eigenvalue weighted by Gasteiger charge is -2.17. The summed E-state index contributed by atoms with van der Waals surface area (Å²) >= 11 is 0. The molecule has 2 heterocycles. The lowest BCUT2D eigenvalue weighted by Crippen LogP contribution is -2.34. The van der Waals surface area contributed by atoms with Gasteiger partial charge in [0.1, 0.15) is 11.5 Å². The molecular weight excluding hydrogens is 297 g/mol. The highest BCUT2D eigenvalue weighted by molar-refractivity contribution is 5.52. The van der Waals surface area contributed by atoms with E-state index in [1.54, 1.807) is 29.2 Å². The summed E-state index contributed by atoms with van der Waals surface area (Å²) in [5.74, 6) is 0.609. The van der Waals surface area contributed by atoms with Gasteiger partial charge in [-0.05, 0) is 37.1 Å². The molecule has 0 atom stereocenters. The SMILES string of the molecule is NC1(c2noc(-c3cncn3-c3ccc(F)cc3)n2)CCCC1. The van der Waals surface area contributed by atoms with Crippen molar-refractivity contribution in [2.75, 3.05) is 0 Å². The number of hydrogen-bond donors (Lipinski definition) is 1. The normalized spacial score (nSPS) is 16.8. The number of nitrogens with two attached hydrogens (primary N) is 1. The molecule has 6 nitrogen and oxygen atoms in total. The van der Waals surface area contributed by atoms with Gasteiger partial charge < -0.3 is 10.3 Å². The van der Waals surface area contributed by atoms with Crippen molar-refractivity contribution in [1.82, 2.24) is 19.7 Å². The van der Waals surface area contributed by atoms with E-state index in [0.29, 0.717) is 17.4 Å². The molecule has 1 aromatic carbocycles. The Kier molecular flexibility index (Phi) is 3.23. The molecule has 0 aliphatic heterocycles. The second kappa shape index (κ2) is 5.27. The van der Waals surface area contributed by atoms with Crippen molar-refractivity contribution >= 4 is 0 Å². The Morgan fingerprint density at radius 2 is 1.91 bits per heavy atom. The Morgan fingerprint density at radius 3 is 2.65 bits per heavy atom. The van der Waals surface area contributed by atoms with Crippen LogP contribution >= 0.6 is 0 Å². The number of aromatic nitrogens is 4. The van der Waals surface area contributed by atoms with E-state index >= 15 is 0 Å². The quantitative estimate of drug-likeness (QED) is 0.804. The van der Waals surface area contributed by atoms with Gasteiger partial charge in [0.25, 0.3) is 5.89 Å². The van der Waals surface area contributed by atoms with Gasteiger partial charge in [-0.25, -0.2) is 9.37 Å². The van der Waals surface area contributed by atoms with Gasteiger partial charge in [0.2, 0.25) is 0 Å². The number of nitrogens with zero attached hydrogens (tertiary/aromatic N) is 4. The molecule has 2 N–H and O–H groups in total. The molecule has 0 saturated heterocycles. The molecule has 1 fully saturated rings. The average Bonchev–Trinajstić information content (AvgIpc) is 3.27. The zero-order valence-corrected chi connectivity index (χ0v) is 12.4. The number of benzene rings is 1. The average molecular weight is 313 g/mol. The van der Waals surface area contributed by atoms with Crippen molar-refractivity contribution in [1.29, 1.82) is 0 Å². The summed E-state index contributed by atoms with van der Waals surface area (Å²) in [4.78, 5) is 8.60. The molecule has 1 aliphatic carbocycles. The summed E-state index contributed by atoms with van der Waals surface area (Å²) in [5.41, 5.74) is 7.28. The first-order chi connectivity index (χ1) is 11.2. The second-order valence-corrected chi connectivity index (χ2v) is 5.91. The predicted molar refractivity (Wildman–Crippen MR) is 81.1 cm³/mol. The number of halogens is 1. The zero-order valence-electron chi connectivity index (χ0n) is 12.4. The summed E-state index contributed by atoms with van der Waals surface area (Å²) in [6, 6.07) is 6.12. The van der Waals surface area contributed by atoms with Gasteiger partial charge in [-0.2, -0.15) is 4.98 Å². The van der Waals surface area contributed by atoms with Crippen LogP contribution in [0, 0.1) is 5.82 Å². The third kappa shape index (κ3) is 2.43. The third-order valence-electron chi connectivity index (χ3n) is 4.33. The van der Waals surface area contributed by atoms with Gasteiger partial charge in [0.15, 0.2) is 5.82 Å². The molecule has 0 spiro atoms. The second-order valence-electron chi connectivity index (χ2n) is 5.91. The lowest BCUT2D eigenvalue weighted by molar-refractivity contribution is 0.372. The molecule has 2 aromatic heterocycles. The largest absolute Gasteiger partial charge is 0.332 e. The van der Waals surface area contributed by atoms with Crippen molar-refractivity contribution in [2.45, 2.75) is 31.2 Å². The van der Waals surface area contributed by atoms with E-state index in [4.69, 9.17) is 10.3 Å². The van der Waals surface area contributed by atoms with Gasteiger partial charge in [-0.15, -0.1) is 0 Å². The zero-order chi connectivity index (χ0) is 15.9. The van der Waals surface area contributed by atoms with Crippen LogP contribution in [0.15, 0.2) is 41.3 Å². The standard InChI is InChI=1S/C16H16FN5O/c17-11-3-5-12(6-4-11)22-10-19-9-13(22)14-20-15(21-23-14)16(18)7-1-2-8-16/h3-6,9-10H,1-2,7-8,18H2. The first-order valence-corrected chi connectivity index (χ1v) is 7.57. The van der Waals surface area contributed by atoms with E-state index in [0.717, 1.165) is 31.4 Å². The molecule has 0 amide bonds. The van der Waals surface area contributed by atoms with Crippen LogP contribution in [0.4, 0.5) is 4.39 Å². The summed E-state index contributed by atoms with van der Waals surface area (Å²) in [5, 5.41) is 4.06. The molecule has 4 rings (SSSR count). The Bertz CT molecular complexity index is 817. The van der Waals surface area contributed by atoms with Crippen LogP contribution in [0.5, 0.6) is 0 Å². The van der Waals surface area contributed by atoms with E-state index in [9.17, 15) is 4.39 Å². The van der Waals surface area contributed by atoms with Crippen molar-refractivity contribution in [3.63, 3.8) is 0 Å². The van der Waals surface area contributed by atoms with Gasteiger partial charge in [-0.1, -0.05) is 18.0 Å². The minimum absolute atomic E-state index is 0.290. The fourth-order valence-electron chi connectivity index (χ4n) is 3.02. The molecule has 0 radical (unpaired) electrons. The van der Waals surface area contributed by atoms with Crippen molar-refractivity contribution in [2.24, 2.45) is 5.73 Å². The van der Waals surface area contributed by atoms with Crippen LogP contribution in [-0.4, -0.2) is 19.7 Å². The molecule has 1 aliphatic rings. The molecule has 23 heavy (non-hydrogen) atoms.